The van der Waals surface area contributed by atoms with E-state index in [2.05, 4.69) is 10.3 Å². The Labute approximate surface area is 217 Å². The number of anilines is 1. The lowest BCUT2D eigenvalue weighted by molar-refractivity contribution is -0.112. The van der Waals surface area contributed by atoms with Crippen molar-refractivity contribution in [2.24, 2.45) is 0 Å². The van der Waals surface area contributed by atoms with Crippen LogP contribution in [0.5, 0.6) is 17.4 Å². The predicted molar refractivity (Wildman–Crippen MR) is 139 cm³/mol. The van der Waals surface area contributed by atoms with E-state index in [4.69, 9.17) is 14.2 Å². The van der Waals surface area contributed by atoms with E-state index in [1.54, 1.807) is 49.4 Å². The van der Waals surface area contributed by atoms with Crippen LogP contribution in [0.1, 0.15) is 22.8 Å². The van der Waals surface area contributed by atoms with Gasteiger partial charge in [-0.3, -0.25) is 14.0 Å². The summed E-state index contributed by atoms with van der Waals surface area (Å²) in [6, 6.07) is 19.6. The highest BCUT2D eigenvalue weighted by molar-refractivity contribution is 6.10. The van der Waals surface area contributed by atoms with Crippen molar-refractivity contribution in [2.45, 2.75) is 6.92 Å². The van der Waals surface area contributed by atoms with E-state index in [9.17, 15) is 19.6 Å². The van der Waals surface area contributed by atoms with Crippen LogP contribution in [-0.2, 0) is 9.53 Å². The van der Waals surface area contributed by atoms with Gasteiger partial charge in [-0.15, -0.1) is 0 Å². The molecule has 0 saturated carbocycles. The molecule has 0 unspecified atom stereocenters. The number of aromatic nitrogens is 2. The highest BCUT2D eigenvalue weighted by atomic mass is 16.5. The van der Waals surface area contributed by atoms with Gasteiger partial charge in [-0.05, 0) is 61.5 Å². The van der Waals surface area contributed by atoms with Gasteiger partial charge in [0.2, 0.25) is 5.88 Å². The molecule has 4 rings (SSSR count). The van der Waals surface area contributed by atoms with Crippen LogP contribution in [0.2, 0.25) is 0 Å². The summed E-state index contributed by atoms with van der Waals surface area (Å²) in [6.45, 7) is 1.94. The van der Waals surface area contributed by atoms with Crippen LogP contribution in [0.4, 0.5) is 5.69 Å². The van der Waals surface area contributed by atoms with Gasteiger partial charge in [-0.1, -0.05) is 18.2 Å². The Morgan fingerprint density at radius 3 is 2.45 bits per heavy atom. The number of rotatable bonds is 8. The monoisotopic (exact) mass is 510 g/mol. The maximum atomic E-state index is 13.4. The Kier molecular flexibility index (Phi) is 7.79. The number of nitriles is 1. The predicted octanol–water partition coefficient (Wildman–Crippen LogP) is 4.22. The van der Waals surface area contributed by atoms with Crippen molar-refractivity contribution >= 4 is 29.3 Å². The lowest BCUT2D eigenvalue weighted by Crippen LogP contribution is -2.20. The Balaban J connectivity index is 1.72. The summed E-state index contributed by atoms with van der Waals surface area (Å²) >= 11 is 0. The van der Waals surface area contributed by atoms with E-state index < -0.39 is 17.4 Å². The molecule has 1 N–H and O–H groups in total. The molecule has 2 aromatic carbocycles. The number of methoxy groups -OCH3 is 1. The normalized spacial score (nSPS) is 10.9. The number of amides is 1. The highest BCUT2D eigenvalue weighted by Gasteiger charge is 2.19. The summed E-state index contributed by atoms with van der Waals surface area (Å²) in [6.07, 6.45) is 2.65. The van der Waals surface area contributed by atoms with E-state index in [0.29, 0.717) is 28.4 Å². The van der Waals surface area contributed by atoms with Gasteiger partial charge in [0.15, 0.2) is 11.5 Å². The van der Waals surface area contributed by atoms with Crippen molar-refractivity contribution in [1.29, 1.82) is 5.26 Å². The minimum atomic E-state index is -0.766. The van der Waals surface area contributed by atoms with Gasteiger partial charge in [-0.2, -0.15) is 10.2 Å². The van der Waals surface area contributed by atoms with E-state index in [0.717, 1.165) is 6.08 Å². The number of ether oxygens (including phenoxy) is 3. The summed E-state index contributed by atoms with van der Waals surface area (Å²) in [7, 11) is 1.48. The first kappa shape index (κ1) is 25.7. The van der Waals surface area contributed by atoms with Crippen molar-refractivity contribution in [2.75, 3.05) is 19.0 Å². The Hall–Kier alpha value is -5.43. The summed E-state index contributed by atoms with van der Waals surface area (Å²) < 4.78 is 17.5. The van der Waals surface area contributed by atoms with E-state index in [1.807, 2.05) is 6.07 Å². The Morgan fingerprint density at radius 2 is 1.76 bits per heavy atom. The minimum absolute atomic E-state index is 0.106. The topological polar surface area (TPSA) is 132 Å². The lowest BCUT2D eigenvalue weighted by atomic mass is 10.1. The third kappa shape index (κ3) is 5.52. The van der Waals surface area contributed by atoms with Crippen LogP contribution in [0, 0.1) is 11.3 Å². The first-order valence-corrected chi connectivity index (χ1v) is 11.5. The standard InChI is InChI=1S/C28H22N4O6/c1-3-37-28(35)18-11-13-20(14-12-18)30-25(33)19(17-29)16-21-26(38-23-9-5-4-8-22(23)36-2)31-24-10-6-7-15-32(24)27(21)34/h4-16H,3H2,1-2H3,(H,30,33)/b19-16-. The smallest absolute Gasteiger partial charge is 0.338 e. The van der Waals surface area contributed by atoms with Crippen LogP contribution < -0.4 is 20.3 Å². The van der Waals surface area contributed by atoms with Crippen molar-refractivity contribution < 1.29 is 23.8 Å². The number of esters is 1. The summed E-state index contributed by atoms with van der Waals surface area (Å²) in [5, 5.41) is 12.3. The van der Waals surface area contributed by atoms with E-state index in [1.165, 1.54) is 42.0 Å². The van der Waals surface area contributed by atoms with Crippen LogP contribution in [0.25, 0.3) is 11.7 Å². The molecule has 0 radical (unpaired) electrons. The third-order valence-electron chi connectivity index (χ3n) is 5.32. The molecule has 38 heavy (non-hydrogen) atoms. The van der Waals surface area contributed by atoms with Gasteiger partial charge in [0.05, 0.1) is 19.3 Å². The molecule has 0 bridgehead atoms. The number of pyridine rings is 1. The molecule has 2 heterocycles. The highest BCUT2D eigenvalue weighted by Crippen LogP contribution is 2.31. The van der Waals surface area contributed by atoms with E-state index in [-0.39, 0.29) is 23.6 Å². The SMILES string of the molecule is CCOC(=O)c1ccc(NC(=O)/C(C#N)=C\c2c(Oc3ccccc3OC)nc3ccccn3c2=O)cc1. The van der Waals surface area contributed by atoms with Crippen molar-refractivity contribution in [3.8, 4) is 23.4 Å². The average molecular weight is 511 g/mol. The maximum Gasteiger partial charge on any atom is 0.338 e. The molecule has 0 aliphatic carbocycles. The molecule has 10 heteroatoms. The molecule has 0 spiro atoms. The summed E-state index contributed by atoms with van der Waals surface area (Å²) in [4.78, 5) is 42.6. The molecule has 0 aliphatic heterocycles. The number of fused-ring (bicyclic) bond motifs is 1. The Bertz CT molecular complexity index is 1630. The number of carbonyl (C=O) groups excluding carboxylic acids is 2. The fourth-order valence-electron chi connectivity index (χ4n) is 3.49. The summed E-state index contributed by atoms with van der Waals surface area (Å²) in [5.74, 6) is -0.666. The molecule has 190 valence electrons. The maximum absolute atomic E-state index is 13.4. The molecule has 0 aliphatic rings. The molecule has 4 aromatic rings. The van der Waals surface area contributed by atoms with Gasteiger partial charge in [0.25, 0.3) is 11.5 Å². The number of nitrogens with zero attached hydrogens (tertiary/aromatic N) is 3. The van der Waals surface area contributed by atoms with E-state index >= 15 is 0 Å². The fraction of sp³-hybridized carbons (Fsp3) is 0.107. The van der Waals surface area contributed by atoms with Gasteiger partial charge in [-0.25, -0.2) is 4.79 Å². The number of para-hydroxylation sites is 2. The molecule has 1 amide bonds. The largest absolute Gasteiger partial charge is 0.493 e. The fourth-order valence-corrected chi connectivity index (χ4v) is 3.49. The van der Waals surface area contributed by atoms with Crippen molar-refractivity contribution in [3.63, 3.8) is 0 Å². The molecule has 0 fully saturated rings. The zero-order valence-electron chi connectivity index (χ0n) is 20.5. The zero-order chi connectivity index (χ0) is 27.1. The minimum Gasteiger partial charge on any atom is -0.493 e. The number of hydrogen-bond acceptors (Lipinski definition) is 8. The van der Waals surface area contributed by atoms with Gasteiger partial charge in [0.1, 0.15) is 22.9 Å². The van der Waals surface area contributed by atoms with Crippen LogP contribution in [0.15, 0.2) is 83.3 Å². The molecule has 10 nitrogen and oxygen atoms in total. The van der Waals surface area contributed by atoms with Crippen LogP contribution in [-0.4, -0.2) is 35.0 Å². The number of benzene rings is 2. The first-order valence-electron chi connectivity index (χ1n) is 11.5. The number of nitrogens with one attached hydrogen (secondary N) is 1. The van der Waals surface area contributed by atoms with Gasteiger partial charge >= 0.3 is 5.97 Å². The molecule has 0 atom stereocenters. The lowest BCUT2D eigenvalue weighted by Gasteiger charge is -2.12. The molecular formula is C28H22N4O6. The van der Waals surface area contributed by atoms with Crippen LogP contribution >= 0.6 is 0 Å². The second-order valence-electron chi connectivity index (χ2n) is 7.74. The quantitative estimate of drug-likeness (QED) is 0.212. The Morgan fingerprint density at radius 1 is 1.05 bits per heavy atom. The van der Waals surface area contributed by atoms with Crippen LogP contribution in [0.3, 0.4) is 0 Å². The zero-order valence-corrected chi connectivity index (χ0v) is 20.5. The second-order valence-corrected chi connectivity index (χ2v) is 7.74. The second kappa shape index (κ2) is 11.5. The van der Waals surface area contributed by atoms with Gasteiger partial charge in [0, 0.05) is 11.9 Å². The first-order chi connectivity index (χ1) is 18.4. The average Bonchev–Trinajstić information content (AvgIpc) is 2.93. The number of hydrogen-bond donors (Lipinski definition) is 1. The van der Waals surface area contributed by atoms with Gasteiger partial charge < -0.3 is 19.5 Å². The summed E-state index contributed by atoms with van der Waals surface area (Å²) in [5.41, 5.74) is -0.0514. The molecular weight excluding hydrogens is 488 g/mol. The molecule has 2 aromatic heterocycles. The number of carbonyl (C=O) groups is 2. The third-order valence-corrected chi connectivity index (χ3v) is 5.32. The molecule has 0 saturated heterocycles. The van der Waals surface area contributed by atoms with Crippen molar-refractivity contribution in [1.82, 2.24) is 9.38 Å². The van der Waals surface area contributed by atoms with Crippen molar-refractivity contribution in [3.05, 3.63) is 100.0 Å².